The van der Waals surface area contributed by atoms with Crippen LogP contribution in [0.25, 0.3) is 0 Å². The molecule has 1 unspecified atom stereocenters. The molecule has 2 N–H and O–H groups in total. The van der Waals surface area contributed by atoms with Gasteiger partial charge in [0, 0.05) is 18.8 Å². The van der Waals surface area contributed by atoms with E-state index in [1.54, 1.807) is 0 Å². The van der Waals surface area contributed by atoms with Crippen molar-refractivity contribution in [2.24, 2.45) is 5.92 Å². The molecule has 1 heterocycles. The number of carbonyl (C=O) groups excluding carboxylic acids is 1. The summed E-state index contributed by atoms with van der Waals surface area (Å²) in [6.07, 6.45) is -3.46. The highest BCUT2D eigenvalue weighted by Crippen LogP contribution is 2.28. The molecule has 0 bridgehead atoms. The Bertz CT molecular complexity index is 444. The number of nitrogens with one attached hydrogen (secondary N) is 1. The van der Waals surface area contributed by atoms with Crippen LogP contribution in [0.15, 0.2) is 18.3 Å². The summed E-state index contributed by atoms with van der Waals surface area (Å²) in [5.41, 5.74) is -0.980. The maximum Gasteiger partial charge on any atom is 0.417 e. The molecule has 0 aliphatic heterocycles. The third-order valence-electron chi connectivity index (χ3n) is 2.88. The molecule has 4 nitrogen and oxygen atoms in total. The van der Waals surface area contributed by atoms with Gasteiger partial charge in [-0.3, -0.25) is 9.78 Å². The largest absolute Gasteiger partial charge is 0.417 e. The summed E-state index contributed by atoms with van der Waals surface area (Å²) in [7, 11) is 0. The van der Waals surface area contributed by atoms with Crippen molar-refractivity contribution in [2.75, 3.05) is 6.61 Å². The second-order valence-electron chi connectivity index (χ2n) is 4.77. The zero-order chi connectivity index (χ0) is 15.3. The molecule has 112 valence electrons. The third-order valence-corrected chi connectivity index (χ3v) is 2.88. The summed E-state index contributed by atoms with van der Waals surface area (Å²) in [6.45, 7) is 3.67. The van der Waals surface area contributed by atoms with Crippen LogP contribution in [0.1, 0.15) is 36.3 Å². The Hall–Kier alpha value is -1.63. The fourth-order valence-corrected chi connectivity index (χ4v) is 1.65. The van der Waals surface area contributed by atoms with Gasteiger partial charge in [-0.05, 0) is 24.5 Å². The van der Waals surface area contributed by atoms with Gasteiger partial charge in [0.15, 0.2) is 0 Å². The van der Waals surface area contributed by atoms with Gasteiger partial charge in [-0.25, -0.2) is 0 Å². The van der Waals surface area contributed by atoms with E-state index in [1.807, 2.05) is 13.8 Å². The van der Waals surface area contributed by atoms with E-state index in [0.717, 1.165) is 12.1 Å². The predicted molar refractivity (Wildman–Crippen MR) is 67.0 cm³/mol. The number of amides is 1. The van der Waals surface area contributed by atoms with Gasteiger partial charge in [0.25, 0.3) is 5.91 Å². The van der Waals surface area contributed by atoms with Gasteiger partial charge >= 0.3 is 6.18 Å². The number of carbonyl (C=O) groups is 1. The molecule has 1 atom stereocenters. The number of rotatable bonds is 5. The normalized spacial score (nSPS) is 13.3. The highest BCUT2D eigenvalue weighted by atomic mass is 19.4. The zero-order valence-electron chi connectivity index (χ0n) is 11.2. The minimum absolute atomic E-state index is 0.0798. The van der Waals surface area contributed by atoms with Crippen molar-refractivity contribution in [2.45, 2.75) is 32.5 Å². The van der Waals surface area contributed by atoms with Gasteiger partial charge in [-0.15, -0.1) is 0 Å². The fourth-order valence-electron chi connectivity index (χ4n) is 1.65. The van der Waals surface area contributed by atoms with Crippen LogP contribution in [0, 0.1) is 5.92 Å². The quantitative estimate of drug-likeness (QED) is 0.874. The standard InChI is InChI=1S/C13H17F3N2O2/c1-8(2)10(5-6-19)18-12(20)11-4-3-9(7-17-11)13(14,15)16/h3-4,7-8,10,19H,5-6H2,1-2H3,(H,18,20). The summed E-state index contributed by atoms with van der Waals surface area (Å²) in [5, 5.41) is 11.6. The number of aromatic nitrogens is 1. The van der Waals surface area contributed by atoms with Gasteiger partial charge in [0.2, 0.25) is 0 Å². The lowest BCUT2D eigenvalue weighted by Crippen LogP contribution is -2.39. The number of nitrogens with zero attached hydrogens (tertiary/aromatic N) is 1. The van der Waals surface area contributed by atoms with Gasteiger partial charge < -0.3 is 10.4 Å². The van der Waals surface area contributed by atoms with Crippen molar-refractivity contribution < 1.29 is 23.1 Å². The lowest BCUT2D eigenvalue weighted by atomic mass is 10.0. The van der Waals surface area contributed by atoms with Gasteiger partial charge in [-0.1, -0.05) is 13.8 Å². The molecule has 0 saturated heterocycles. The Kier molecular flexibility index (Phi) is 5.50. The first-order valence-corrected chi connectivity index (χ1v) is 6.20. The molecular formula is C13H17F3N2O2. The Morgan fingerprint density at radius 2 is 2.05 bits per heavy atom. The highest BCUT2D eigenvalue weighted by molar-refractivity contribution is 5.92. The van der Waals surface area contributed by atoms with Crippen molar-refractivity contribution in [1.29, 1.82) is 0 Å². The van der Waals surface area contributed by atoms with E-state index >= 15 is 0 Å². The molecule has 20 heavy (non-hydrogen) atoms. The maximum atomic E-state index is 12.4. The van der Waals surface area contributed by atoms with Gasteiger partial charge in [0.05, 0.1) is 5.56 Å². The molecule has 0 spiro atoms. The first-order chi connectivity index (χ1) is 9.25. The molecule has 0 saturated carbocycles. The number of hydrogen-bond acceptors (Lipinski definition) is 3. The molecule has 0 aliphatic rings. The van der Waals surface area contributed by atoms with Crippen LogP contribution >= 0.6 is 0 Å². The Morgan fingerprint density at radius 3 is 2.45 bits per heavy atom. The summed E-state index contributed by atoms with van der Waals surface area (Å²) in [4.78, 5) is 15.4. The number of halogens is 3. The molecule has 1 aromatic heterocycles. The monoisotopic (exact) mass is 290 g/mol. The average molecular weight is 290 g/mol. The first kappa shape index (κ1) is 16.4. The van der Waals surface area contributed by atoms with E-state index in [0.29, 0.717) is 12.6 Å². The van der Waals surface area contributed by atoms with Crippen LogP contribution in [0.5, 0.6) is 0 Å². The van der Waals surface area contributed by atoms with Gasteiger partial charge in [-0.2, -0.15) is 13.2 Å². The molecular weight excluding hydrogens is 273 g/mol. The van der Waals surface area contributed by atoms with E-state index in [4.69, 9.17) is 5.11 Å². The summed E-state index contributed by atoms with van der Waals surface area (Å²) in [6, 6.07) is 1.60. The predicted octanol–water partition coefficient (Wildman–Crippen LogP) is 2.24. The van der Waals surface area contributed by atoms with E-state index in [9.17, 15) is 18.0 Å². The van der Waals surface area contributed by atoms with E-state index < -0.39 is 17.6 Å². The fraction of sp³-hybridized carbons (Fsp3) is 0.538. The number of hydrogen-bond donors (Lipinski definition) is 2. The van der Waals surface area contributed by atoms with Crippen molar-refractivity contribution in [1.82, 2.24) is 10.3 Å². The Balaban J connectivity index is 2.77. The molecule has 0 radical (unpaired) electrons. The number of pyridine rings is 1. The summed E-state index contributed by atoms with van der Waals surface area (Å²) >= 11 is 0. The van der Waals surface area contributed by atoms with Crippen LogP contribution in [-0.4, -0.2) is 28.6 Å². The van der Waals surface area contributed by atoms with Crippen LogP contribution in [0.4, 0.5) is 13.2 Å². The van der Waals surface area contributed by atoms with Crippen molar-refractivity contribution in [3.63, 3.8) is 0 Å². The minimum Gasteiger partial charge on any atom is -0.396 e. The van der Waals surface area contributed by atoms with Crippen molar-refractivity contribution >= 4 is 5.91 Å². The molecule has 1 amide bonds. The number of aliphatic hydroxyl groups excluding tert-OH is 1. The topological polar surface area (TPSA) is 62.2 Å². The molecule has 0 aliphatic carbocycles. The average Bonchev–Trinajstić information content (AvgIpc) is 2.37. The molecule has 7 heteroatoms. The first-order valence-electron chi connectivity index (χ1n) is 6.20. The minimum atomic E-state index is -4.47. The lowest BCUT2D eigenvalue weighted by molar-refractivity contribution is -0.137. The molecule has 0 fully saturated rings. The zero-order valence-corrected chi connectivity index (χ0v) is 11.2. The Morgan fingerprint density at radius 1 is 1.40 bits per heavy atom. The number of aliphatic hydroxyl groups is 1. The van der Waals surface area contributed by atoms with Crippen LogP contribution in [0.2, 0.25) is 0 Å². The molecule has 1 aromatic rings. The molecule has 1 rings (SSSR count). The smallest absolute Gasteiger partial charge is 0.396 e. The molecule has 0 aromatic carbocycles. The summed E-state index contributed by atoms with van der Waals surface area (Å²) in [5.74, 6) is -0.452. The maximum absolute atomic E-state index is 12.4. The van der Waals surface area contributed by atoms with Crippen LogP contribution < -0.4 is 5.32 Å². The number of alkyl halides is 3. The Labute approximate surface area is 115 Å². The van der Waals surface area contributed by atoms with Gasteiger partial charge in [0.1, 0.15) is 5.69 Å². The van der Waals surface area contributed by atoms with E-state index in [1.165, 1.54) is 0 Å². The lowest BCUT2D eigenvalue weighted by Gasteiger charge is -2.21. The highest BCUT2D eigenvalue weighted by Gasteiger charge is 2.31. The van der Waals surface area contributed by atoms with Crippen molar-refractivity contribution in [3.8, 4) is 0 Å². The van der Waals surface area contributed by atoms with Crippen LogP contribution in [0.3, 0.4) is 0 Å². The van der Waals surface area contributed by atoms with E-state index in [2.05, 4.69) is 10.3 Å². The van der Waals surface area contributed by atoms with E-state index in [-0.39, 0.29) is 24.3 Å². The van der Waals surface area contributed by atoms with Crippen molar-refractivity contribution in [3.05, 3.63) is 29.6 Å². The SMILES string of the molecule is CC(C)C(CCO)NC(=O)c1ccc(C(F)(F)F)cn1. The second-order valence-corrected chi connectivity index (χ2v) is 4.77. The van der Waals surface area contributed by atoms with Crippen LogP contribution in [-0.2, 0) is 6.18 Å². The third kappa shape index (κ3) is 4.48. The summed E-state index contributed by atoms with van der Waals surface area (Å²) < 4.78 is 37.1. The second kappa shape index (κ2) is 6.69.